The molecule has 0 saturated carbocycles. The molecule has 4 rings (SSSR count). The summed E-state index contributed by atoms with van der Waals surface area (Å²) in [7, 11) is 0. The number of hydrogen-bond acceptors (Lipinski definition) is 3. The van der Waals surface area contributed by atoms with Crippen molar-refractivity contribution in [2.45, 2.75) is 20.5 Å². The van der Waals surface area contributed by atoms with Gasteiger partial charge in [-0.05, 0) is 79.6 Å². The maximum absolute atomic E-state index is 13.2. The molecule has 1 aromatic heterocycles. The summed E-state index contributed by atoms with van der Waals surface area (Å²) in [6, 6.07) is 19.2. The summed E-state index contributed by atoms with van der Waals surface area (Å²) in [5.74, 6) is -0.687. The van der Waals surface area contributed by atoms with Crippen LogP contribution >= 0.6 is 15.9 Å². The summed E-state index contributed by atoms with van der Waals surface area (Å²) in [6.07, 6.45) is 0. The number of aryl methyl sites for hydroxylation is 1. The molecule has 4 aromatic rings. The predicted molar refractivity (Wildman–Crippen MR) is 130 cm³/mol. The number of nitrogen functional groups attached to an aromatic ring is 1. The van der Waals surface area contributed by atoms with Crippen LogP contribution in [0.25, 0.3) is 16.9 Å². The molecule has 0 radical (unpaired) electrons. The predicted octanol–water partition coefficient (Wildman–Crippen LogP) is 6.52. The second kappa shape index (κ2) is 9.11. The fraction of sp³-hybridized carbons (Fsp3) is 0.115. The maximum Gasteiger partial charge on any atom is 0.336 e. The Labute approximate surface area is 199 Å². The van der Waals surface area contributed by atoms with E-state index >= 15 is 0 Å². The number of anilines is 1. The van der Waals surface area contributed by atoms with Gasteiger partial charge in [-0.1, -0.05) is 28.1 Å². The van der Waals surface area contributed by atoms with Gasteiger partial charge < -0.3 is 20.1 Å². The first kappa shape index (κ1) is 22.6. The number of benzene rings is 3. The van der Waals surface area contributed by atoms with Gasteiger partial charge in [-0.2, -0.15) is 0 Å². The fourth-order valence-electron chi connectivity index (χ4n) is 3.73. The minimum absolute atomic E-state index is 0.158. The van der Waals surface area contributed by atoms with Gasteiger partial charge in [0.2, 0.25) is 0 Å². The van der Waals surface area contributed by atoms with Crippen LogP contribution in [0.2, 0.25) is 0 Å². The van der Waals surface area contributed by atoms with Crippen molar-refractivity contribution < 1.29 is 19.0 Å². The smallest absolute Gasteiger partial charge is 0.336 e. The lowest BCUT2D eigenvalue weighted by Gasteiger charge is -2.18. The van der Waals surface area contributed by atoms with E-state index in [2.05, 4.69) is 15.9 Å². The van der Waals surface area contributed by atoms with Crippen molar-refractivity contribution in [3.63, 3.8) is 0 Å². The van der Waals surface area contributed by atoms with Gasteiger partial charge in [-0.25, -0.2) is 9.18 Å². The molecule has 0 aliphatic rings. The van der Waals surface area contributed by atoms with Crippen LogP contribution < -0.4 is 10.5 Å². The molecule has 0 spiro atoms. The van der Waals surface area contributed by atoms with Crippen molar-refractivity contribution in [3.05, 3.63) is 99.4 Å². The van der Waals surface area contributed by atoms with Gasteiger partial charge in [0, 0.05) is 27.1 Å². The highest BCUT2D eigenvalue weighted by molar-refractivity contribution is 9.10. The average Bonchev–Trinajstić information content (AvgIpc) is 3.16. The highest BCUT2D eigenvalue weighted by Gasteiger charge is 2.18. The normalized spacial score (nSPS) is 10.9. The number of carboxylic acids is 1. The quantitative estimate of drug-likeness (QED) is 0.290. The number of aromatic carboxylic acids is 1. The van der Waals surface area contributed by atoms with Crippen LogP contribution in [0, 0.1) is 19.7 Å². The molecule has 3 aromatic carbocycles. The summed E-state index contributed by atoms with van der Waals surface area (Å²) >= 11 is 3.53. The van der Waals surface area contributed by atoms with E-state index in [9.17, 15) is 14.3 Å². The van der Waals surface area contributed by atoms with Crippen LogP contribution in [0.3, 0.4) is 0 Å². The topological polar surface area (TPSA) is 77.5 Å². The molecule has 0 aliphatic heterocycles. The van der Waals surface area contributed by atoms with Crippen LogP contribution in [0.5, 0.6) is 5.75 Å². The molecule has 0 atom stereocenters. The van der Waals surface area contributed by atoms with E-state index in [1.807, 2.05) is 41.8 Å². The van der Waals surface area contributed by atoms with Crippen molar-refractivity contribution in [2.75, 3.05) is 5.73 Å². The molecule has 33 heavy (non-hydrogen) atoms. The summed E-state index contributed by atoms with van der Waals surface area (Å²) in [5, 5.41) is 9.63. The number of ether oxygens (including phenoxy) is 1. The van der Waals surface area contributed by atoms with E-state index in [-0.39, 0.29) is 18.0 Å². The van der Waals surface area contributed by atoms with E-state index in [4.69, 9.17) is 10.5 Å². The Bertz CT molecular complexity index is 1350. The Morgan fingerprint density at radius 2 is 1.79 bits per heavy atom. The third-order valence-corrected chi connectivity index (χ3v) is 6.02. The molecule has 7 heteroatoms. The van der Waals surface area contributed by atoms with Crippen LogP contribution in [0.1, 0.15) is 27.2 Å². The van der Waals surface area contributed by atoms with Crippen LogP contribution in [0.15, 0.2) is 71.2 Å². The molecule has 3 N–H and O–H groups in total. The number of halogens is 2. The van der Waals surface area contributed by atoms with Crippen molar-refractivity contribution in [2.24, 2.45) is 0 Å². The molecule has 0 aliphatic carbocycles. The standard InChI is InChI=1S/C26H22BrFN2O3/c1-15-3-9-24(30(15)20-12-21(26(31)32)16(2)23(29)13-20)22-11-18(27)6-10-25(22)33-14-17-4-7-19(28)8-5-17/h3-13H,14,29H2,1-2H3,(H,31,32). The molecule has 1 heterocycles. The van der Waals surface area contributed by atoms with Crippen molar-refractivity contribution >= 4 is 27.6 Å². The SMILES string of the molecule is Cc1c(N)cc(-n2c(C)ccc2-c2cc(Br)ccc2OCc2ccc(F)cc2)cc1C(=O)O. The number of nitrogens with zero attached hydrogens (tertiary/aromatic N) is 1. The molecule has 0 bridgehead atoms. The maximum atomic E-state index is 13.2. The van der Waals surface area contributed by atoms with Crippen molar-refractivity contribution in [1.82, 2.24) is 4.57 Å². The molecule has 5 nitrogen and oxygen atoms in total. The summed E-state index contributed by atoms with van der Waals surface area (Å²) in [5.41, 5.74) is 11.3. The zero-order valence-corrected chi connectivity index (χ0v) is 19.7. The number of hydrogen-bond donors (Lipinski definition) is 2. The molecule has 168 valence electrons. The zero-order valence-electron chi connectivity index (χ0n) is 18.1. The Kier molecular flexibility index (Phi) is 6.24. The Hall–Kier alpha value is -3.58. The first-order chi connectivity index (χ1) is 15.7. The lowest BCUT2D eigenvalue weighted by atomic mass is 10.0. The first-order valence-electron chi connectivity index (χ1n) is 10.2. The van der Waals surface area contributed by atoms with Gasteiger partial charge in [-0.3, -0.25) is 0 Å². The largest absolute Gasteiger partial charge is 0.488 e. The van der Waals surface area contributed by atoms with E-state index in [0.717, 1.165) is 27.0 Å². The van der Waals surface area contributed by atoms with E-state index < -0.39 is 5.97 Å². The minimum atomic E-state index is -1.03. The van der Waals surface area contributed by atoms with Gasteiger partial charge in [-0.15, -0.1) is 0 Å². The summed E-state index contributed by atoms with van der Waals surface area (Å²) in [4.78, 5) is 11.8. The van der Waals surface area contributed by atoms with Gasteiger partial charge >= 0.3 is 5.97 Å². The lowest BCUT2D eigenvalue weighted by molar-refractivity contribution is 0.0696. The van der Waals surface area contributed by atoms with E-state index in [1.165, 1.54) is 12.1 Å². The second-order valence-electron chi connectivity index (χ2n) is 7.76. The molecular formula is C26H22BrFN2O3. The number of rotatable bonds is 6. The Balaban J connectivity index is 1.80. The summed E-state index contributed by atoms with van der Waals surface area (Å²) in [6.45, 7) is 3.91. The van der Waals surface area contributed by atoms with E-state index in [0.29, 0.717) is 22.7 Å². The van der Waals surface area contributed by atoms with Crippen molar-refractivity contribution in [3.8, 4) is 22.7 Å². The highest BCUT2D eigenvalue weighted by atomic mass is 79.9. The third kappa shape index (κ3) is 4.64. The van der Waals surface area contributed by atoms with Crippen LogP contribution in [-0.4, -0.2) is 15.6 Å². The molecular weight excluding hydrogens is 487 g/mol. The number of carboxylic acid groups (broad SMARTS) is 1. The van der Waals surface area contributed by atoms with Gasteiger partial charge in [0.05, 0.1) is 11.3 Å². The zero-order chi connectivity index (χ0) is 23.7. The molecule has 0 amide bonds. The number of carbonyl (C=O) groups is 1. The van der Waals surface area contributed by atoms with Gasteiger partial charge in [0.1, 0.15) is 18.2 Å². The van der Waals surface area contributed by atoms with Crippen LogP contribution in [-0.2, 0) is 6.61 Å². The first-order valence-corrected chi connectivity index (χ1v) is 11.0. The number of nitrogens with two attached hydrogens (primary N) is 1. The Morgan fingerprint density at radius 3 is 2.48 bits per heavy atom. The van der Waals surface area contributed by atoms with Gasteiger partial charge in [0.15, 0.2) is 0 Å². The second-order valence-corrected chi connectivity index (χ2v) is 8.68. The third-order valence-electron chi connectivity index (χ3n) is 5.52. The Morgan fingerprint density at radius 1 is 1.06 bits per heavy atom. The minimum Gasteiger partial charge on any atom is -0.488 e. The highest BCUT2D eigenvalue weighted by Crippen LogP contribution is 2.37. The van der Waals surface area contributed by atoms with Gasteiger partial charge in [0.25, 0.3) is 0 Å². The molecule has 0 fully saturated rings. The van der Waals surface area contributed by atoms with Crippen LogP contribution in [0.4, 0.5) is 10.1 Å². The molecule has 0 saturated heterocycles. The van der Waals surface area contributed by atoms with E-state index in [1.54, 1.807) is 31.2 Å². The summed E-state index contributed by atoms with van der Waals surface area (Å²) < 4.78 is 22.1. The fourth-order valence-corrected chi connectivity index (χ4v) is 4.09. The molecule has 0 unspecified atom stereocenters. The average molecular weight is 509 g/mol. The monoisotopic (exact) mass is 508 g/mol. The van der Waals surface area contributed by atoms with Crippen molar-refractivity contribution in [1.29, 1.82) is 0 Å². The number of aromatic nitrogens is 1. The lowest BCUT2D eigenvalue weighted by Crippen LogP contribution is -2.08.